The van der Waals surface area contributed by atoms with Crippen molar-refractivity contribution in [1.82, 2.24) is 19.9 Å². The zero-order chi connectivity index (χ0) is 18.9. The predicted molar refractivity (Wildman–Crippen MR) is 92.0 cm³/mol. The first-order valence-corrected chi connectivity index (χ1v) is 8.32. The molecule has 0 saturated heterocycles. The molecule has 142 valence electrons. The lowest BCUT2D eigenvalue weighted by Gasteiger charge is -2.16. The Labute approximate surface area is 150 Å². The molecular formula is C16H24N6O4. The van der Waals surface area contributed by atoms with Gasteiger partial charge in [-0.3, -0.25) is 9.59 Å². The molecule has 26 heavy (non-hydrogen) atoms. The molecule has 2 heterocycles. The van der Waals surface area contributed by atoms with Gasteiger partial charge in [-0.25, -0.2) is 9.97 Å². The van der Waals surface area contributed by atoms with Crippen LogP contribution >= 0.6 is 0 Å². The smallest absolute Gasteiger partial charge is 0.323 e. The Kier molecular flexibility index (Phi) is 7.30. The van der Waals surface area contributed by atoms with Crippen molar-refractivity contribution >= 4 is 11.9 Å². The third kappa shape index (κ3) is 6.30. The first-order valence-electron chi connectivity index (χ1n) is 8.32. The van der Waals surface area contributed by atoms with Crippen molar-refractivity contribution in [3.8, 4) is 0 Å². The molecule has 0 aromatic carbocycles. The third-order valence-corrected chi connectivity index (χ3v) is 3.80. The fourth-order valence-electron chi connectivity index (χ4n) is 2.53. The summed E-state index contributed by atoms with van der Waals surface area (Å²) in [6.07, 6.45) is 5.88. The molecule has 2 rings (SSSR count). The molecule has 0 aliphatic heterocycles. The number of nitrogens with one attached hydrogen (secondary N) is 2. The Morgan fingerprint density at radius 3 is 2.73 bits per heavy atom. The van der Waals surface area contributed by atoms with Crippen molar-refractivity contribution in [2.75, 3.05) is 13.2 Å². The molecular weight excluding hydrogens is 340 g/mol. The number of nitrogens with two attached hydrogens (primary N) is 2. The van der Waals surface area contributed by atoms with Crippen LogP contribution < -0.4 is 11.5 Å². The highest BCUT2D eigenvalue weighted by atomic mass is 16.5. The number of imidazole rings is 2. The van der Waals surface area contributed by atoms with Crippen LogP contribution in [0.25, 0.3) is 0 Å². The number of aromatic amines is 2. The number of carbonyl (C=O) groups is 2. The minimum atomic E-state index is -0.971. The molecule has 10 nitrogen and oxygen atoms in total. The highest BCUT2D eigenvalue weighted by molar-refractivity contribution is 5.75. The van der Waals surface area contributed by atoms with Crippen LogP contribution in [-0.4, -0.2) is 56.2 Å². The van der Waals surface area contributed by atoms with Gasteiger partial charge in [-0.2, -0.15) is 0 Å². The summed E-state index contributed by atoms with van der Waals surface area (Å²) in [6, 6.07) is -0.847. The van der Waals surface area contributed by atoms with Crippen LogP contribution in [-0.2, 0) is 33.6 Å². The highest BCUT2D eigenvalue weighted by Gasteiger charge is 2.21. The maximum atomic E-state index is 12.0. The number of ether oxygens (including phenoxy) is 1. The minimum absolute atomic E-state index is 0.0469. The summed E-state index contributed by atoms with van der Waals surface area (Å²) in [5.74, 6) is -1.33. The summed E-state index contributed by atoms with van der Waals surface area (Å²) in [5.41, 5.74) is 12.9. The second-order valence-corrected chi connectivity index (χ2v) is 6.08. The molecule has 0 radical (unpaired) electrons. The Morgan fingerprint density at radius 2 is 2.08 bits per heavy atom. The molecule has 10 heteroatoms. The lowest BCUT2D eigenvalue weighted by molar-refractivity contribution is -0.148. The van der Waals surface area contributed by atoms with Gasteiger partial charge in [0.05, 0.1) is 19.4 Å². The van der Waals surface area contributed by atoms with Crippen LogP contribution in [0.2, 0.25) is 0 Å². The lowest BCUT2D eigenvalue weighted by atomic mass is 10.0. The van der Waals surface area contributed by atoms with Crippen LogP contribution in [0.15, 0.2) is 18.7 Å². The number of carboxylic acid groups (broad SMARTS) is 1. The van der Waals surface area contributed by atoms with Gasteiger partial charge in [-0.1, -0.05) is 0 Å². The predicted octanol–water partition coefficient (Wildman–Crippen LogP) is -0.619. The molecule has 0 bridgehead atoms. The van der Waals surface area contributed by atoms with E-state index in [0.29, 0.717) is 25.2 Å². The van der Waals surface area contributed by atoms with E-state index in [-0.39, 0.29) is 19.4 Å². The van der Waals surface area contributed by atoms with Crippen molar-refractivity contribution in [3.05, 3.63) is 35.9 Å². The number of carbonyl (C=O) groups excluding carboxylic acids is 1. The number of aromatic nitrogens is 4. The Balaban J connectivity index is 1.87. The minimum Gasteiger partial charge on any atom is -0.481 e. The molecule has 0 amide bonds. The van der Waals surface area contributed by atoms with Crippen molar-refractivity contribution < 1.29 is 19.4 Å². The maximum Gasteiger partial charge on any atom is 0.323 e. The van der Waals surface area contributed by atoms with E-state index in [0.717, 1.165) is 11.4 Å². The molecule has 0 fully saturated rings. The molecule has 1 unspecified atom stereocenters. The average molecular weight is 364 g/mol. The van der Waals surface area contributed by atoms with E-state index < -0.39 is 23.9 Å². The van der Waals surface area contributed by atoms with Gasteiger partial charge in [0.15, 0.2) is 0 Å². The van der Waals surface area contributed by atoms with Gasteiger partial charge in [0, 0.05) is 49.0 Å². The standard InChI is InChI=1S/C16H24N6O4/c17-2-1-11-7-20-14(22-11)3-10(4-15(23)24)8-26-16(25)13(18)5-12-6-19-9-21-12/h6-7,9-10,13H,1-5,8,17-18H2,(H,19,21)(H,20,22)(H,23,24)/t10?,13-/m0/s1. The van der Waals surface area contributed by atoms with Crippen molar-refractivity contribution in [2.45, 2.75) is 31.7 Å². The fraction of sp³-hybridized carbons (Fsp3) is 0.500. The Bertz CT molecular complexity index is 699. The number of nitrogens with zero attached hydrogens (tertiary/aromatic N) is 2. The van der Waals surface area contributed by atoms with E-state index in [1.807, 2.05) is 0 Å². The summed E-state index contributed by atoms with van der Waals surface area (Å²) in [5, 5.41) is 9.07. The van der Waals surface area contributed by atoms with E-state index in [9.17, 15) is 9.59 Å². The molecule has 0 saturated carbocycles. The number of carboxylic acids is 1. The monoisotopic (exact) mass is 364 g/mol. The largest absolute Gasteiger partial charge is 0.481 e. The summed E-state index contributed by atoms with van der Waals surface area (Å²) >= 11 is 0. The molecule has 2 aromatic heterocycles. The summed E-state index contributed by atoms with van der Waals surface area (Å²) in [7, 11) is 0. The molecule has 7 N–H and O–H groups in total. The van der Waals surface area contributed by atoms with Crippen molar-refractivity contribution in [1.29, 1.82) is 0 Å². The number of H-pyrrole nitrogens is 2. The van der Waals surface area contributed by atoms with E-state index in [1.165, 1.54) is 6.33 Å². The quantitative estimate of drug-likeness (QED) is 0.328. The van der Waals surface area contributed by atoms with Gasteiger partial charge in [0.2, 0.25) is 0 Å². The molecule has 0 aliphatic rings. The van der Waals surface area contributed by atoms with E-state index in [4.69, 9.17) is 21.3 Å². The van der Waals surface area contributed by atoms with Gasteiger partial charge in [0.25, 0.3) is 0 Å². The third-order valence-electron chi connectivity index (χ3n) is 3.80. The molecule has 2 atom stereocenters. The lowest BCUT2D eigenvalue weighted by Crippen LogP contribution is -2.35. The first kappa shape index (κ1) is 19.6. The molecule has 0 aliphatic carbocycles. The van der Waals surface area contributed by atoms with E-state index in [1.54, 1.807) is 12.4 Å². The highest BCUT2D eigenvalue weighted by Crippen LogP contribution is 2.12. The number of hydrogen-bond acceptors (Lipinski definition) is 7. The van der Waals surface area contributed by atoms with Gasteiger partial charge >= 0.3 is 11.9 Å². The molecule has 2 aromatic rings. The SMILES string of the molecule is NCCc1cnc(CC(COC(=O)[C@@H](N)Cc2cnc[nH]2)CC(=O)O)[nH]1. The van der Waals surface area contributed by atoms with Crippen LogP contribution in [0.1, 0.15) is 23.6 Å². The second kappa shape index (κ2) is 9.68. The normalized spacial score (nSPS) is 13.3. The fourth-order valence-corrected chi connectivity index (χ4v) is 2.53. The second-order valence-electron chi connectivity index (χ2n) is 6.08. The van der Waals surface area contributed by atoms with E-state index >= 15 is 0 Å². The summed E-state index contributed by atoms with van der Waals surface area (Å²) in [6.45, 7) is 0.445. The number of hydrogen-bond donors (Lipinski definition) is 5. The number of aliphatic carboxylic acids is 1. The molecule has 0 spiro atoms. The summed E-state index contributed by atoms with van der Waals surface area (Å²) < 4.78 is 5.22. The maximum absolute atomic E-state index is 12.0. The van der Waals surface area contributed by atoms with Gasteiger partial charge in [-0.05, 0) is 6.54 Å². The topological polar surface area (TPSA) is 173 Å². The zero-order valence-corrected chi connectivity index (χ0v) is 14.4. The van der Waals surface area contributed by atoms with Gasteiger partial charge in [-0.15, -0.1) is 0 Å². The van der Waals surface area contributed by atoms with Crippen LogP contribution in [0.4, 0.5) is 0 Å². The van der Waals surface area contributed by atoms with Crippen LogP contribution in [0.3, 0.4) is 0 Å². The average Bonchev–Trinajstić information content (AvgIpc) is 3.24. The number of rotatable bonds is 11. The van der Waals surface area contributed by atoms with Gasteiger partial charge < -0.3 is 31.3 Å². The number of esters is 1. The Morgan fingerprint density at radius 1 is 1.27 bits per heavy atom. The zero-order valence-electron chi connectivity index (χ0n) is 14.4. The van der Waals surface area contributed by atoms with E-state index in [2.05, 4.69) is 19.9 Å². The van der Waals surface area contributed by atoms with Crippen LogP contribution in [0, 0.1) is 5.92 Å². The first-order chi connectivity index (χ1) is 12.5. The van der Waals surface area contributed by atoms with Crippen molar-refractivity contribution in [2.24, 2.45) is 17.4 Å². The summed E-state index contributed by atoms with van der Waals surface area (Å²) in [4.78, 5) is 37.1. The van der Waals surface area contributed by atoms with Crippen molar-refractivity contribution in [3.63, 3.8) is 0 Å². The Hall–Kier alpha value is -2.72. The van der Waals surface area contributed by atoms with Gasteiger partial charge in [0.1, 0.15) is 11.9 Å². The van der Waals surface area contributed by atoms with Crippen LogP contribution in [0.5, 0.6) is 0 Å².